The third-order valence-electron chi connectivity index (χ3n) is 9.84. The molecule has 0 spiro atoms. The van der Waals surface area contributed by atoms with Crippen molar-refractivity contribution in [3.8, 4) is 34.5 Å². The molecular weight excluding hydrogens is 760 g/mol. The summed E-state index contributed by atoms with van der Waals surface area (Å²) in [5, 5.41) is 95.0. The van der Waals surface area contributed by atoms with Gasteiger partial charge in [0.2, 0.25) is 12.0 Å². The zero-order valence-electron chi connectivity index (χ0n) is 30.8. The minimum atomic E-state index is -2.55. The molecule has 9 N–H and O–H groups in total. The number of phenols is 2. The molecule has 3 aromatic carbocycles. The van der Waals surface area contributed by atoms with Crippen molar-refractivity contribution in [2.75, 3.05) is 13.2 Å². The number of rotatable bonds is 14. The number of hydrogen-bond acceptors (Lipinski definition) is 16. The second-order valence-electron chi connectivity index (χ2n) is 13.9. The van der Waals surface area contributed by atoms with Crippen LogP contribution in [0.4, 0.5) is 0 Å². The number of aliphatic imine (C=N–C) groups is 3. The maximum Gasteiger partial charge on any atom is 0.336 e. The monoisotopic (exact) mass is 800 g/mol. The van der Waals surface area contributed by atoms with E-state index < -0.39 is 72.1 Å². The number of amidine groups is 1. The molecule has 1 fully saturated rings. The number of aryl methyl sites for hydroxylation is 1. The van der Waals surface area contributed by atoms with Crippen LogP contribution in [-0.2, 0) is 22.6 Å². The minimum absolute atomic E-state index is 0.0267. The van der Waals surface area contributed by atoms with Crippen LogP contribution in [0, 0.1) is 5.41 Å². The summed E-state index contributed by atoms with van der Waals surface area (Å²) in [6, 6.07) is 12.5. The van der Waals surface area contributed by atoms with Crippen LogP contribution in [0.2, 0.25) is 0 Å². The Labute approximate surface area is 330 Å². The standard InChI is InChI=1S/C40H40N4O14/c1-2-19-9-20(11-23(45)10-19)16-55-35-30(57-39-34(49)36(50)40(53,37(58-39)38(51)52)14-22-15-42-18-43-22)13-29-32(33(35)48)26(46)12-28(56-29)21-3-5-24(6-4-21)54-17-27(47)25-7-8-31(41)44-25/h3-13,18,27-28,34,36-37,39,41,45-50,53H,2,14-17H2,1H3,(H,51,52). The largest absolute Gasteiger partial charge is 0.508 e. The van der Waals surface area contributed by atoms with Crippen molar-refractivity contribution in [3.05, 3.63) is 89.0 Å². The van der Waals surface area contributed by atoms with Gasteiger partial charge in [-0.05, 0) is 59.5 Å². The van der Waals surface area contributed by atoms with E-state index in [0.29, 0.717) is 29.0 Å². The summed E-state index contributed by atoms with van der Waals surface area (Å²) in [6.07, 6.45) is -4.69. The lowest BCUT2D eigenvalue weighted by Gasteiger charge is -2.46. The molecule has 4 heterocycles. The van der Waals surface area contributed by atoms with Gasteiger partial charge in [-0.25, -0.2) is 14.8 Å². The van der Waals surface area contributed by atoms with E-state index >= 15 is 0 Å². The normalized spacial score (nSPS) is 25.3. The van der Waals surface area contributed by atoms with E-state index in [9.17, 15) is 45.6 Å². The van der Waals surface area contributed by atoms with E-state index in [-0.39, 0.29) is 54.1 Å². The third kappa shape index (κ3) is 8.09. The van der Waals surface area contributed by atoms with Gasteiger partial charge < -0.3 is 64.5 Å². The number of ether oxygens (including phenoxy) is 5. The number of aromatic hydroxyl groups is 2. The average Bonchev–Trinajstić information content (AvgIpc) is 3.88. The summed E-state index contributed by atoms with van der Waals surface area (Å²) in [7, 11) is 0. The molecule has 7 atom stereocenters. The molecule has 18 heteroatoms. The van der Waals surface area contributed by atoms with E-state index in [4.69, 9.17) is 29.1 Å². The molecule has 7 rings (SSSR count). The van der Waals surface area contributed by atoms with Crippen LogP contribution >= 0.6 is 0 Å². The van der Waals surface area contributed by atoms with Gasteiger partial charge in [0.15, 0.2) is 17.6 Å². The molecule has 0 radical (unpaired) electrons. The molecule has 0 amide bonds. The van der Waals surface area contributed by atoms with Gasteiger partial charge in [0.05, 0.1) is 12.3 Å². The fourth-order valence-corrected chi connectivity index (χ4v) is 6.86. The van der Waals surface area contributed by atoms with Crippen LogP contribution in [0.15, 0.2) is 81.7 Å². The number of phenolic OH excluding ortho intramolecular Hbond substituents is 2. The Morgan fingerprint density at radius 3 is 2.48 bits per heavy atom. The minimum Gasteiger partial charge on any atom is -0.508 e. The first kappa shape index (κ1) is 39.9. The second kappa shape index (κ2) is 16.3. The van der Waals surface area contributed by atoms with Crippen molar-refractivity contribution >= 4 is 35.3 Å². The molecule has 18 nitrogen and oxygen atoms in total. The molecule has 4 aliphatic rings. The Balaban J connectivity index is 1.17. The van der Waals surface area contributed by atoms with Crippen LogP contribution in [0.3, 0.4) is 0 Å². The Morgan fingerprint density at radius 1 is 1.05 bits per heavy atom. The van der Waals surface area contributed by atoms with Gasteiger partial charge in [-0.3, -0.25) is 10.4 Å². The number of carbonyl (C=O) groups is 1. The van der Waals surface area contributed by atoms with Gasteiger partial charge in [0, 0.05) is 24.3 Å². The lowest BCUT2D eigenvalue weighted by atomic mass is 9.80. The smallest absolute Gasteiger partial charge is 0.336 e. The quantitative estimate of drug-likeness (QED) is 0.113. The van der Waals surface area contributed by atoms with E-state index in [1.807, 2.05) is 6.92 Å². The number of fused-ring (bicyclic) bond motifs is 1. The fourth-order valence-electron chi connectivity index (χ4n) is 6.86. The van der Waals surface area contributed by atoms with Crippen molar-refractivity contribution in [1.29, 1.82) is 5.41 Å². The first-order valence-electron chi connectivity index (χ1n) is 18.1. The number of benzene rings is 3. The highest BCUT2D eigenvalue weighted by atomic mass is 16.7. The summed E-state index contributed by atoms with van der Waals surface area (Å²) < 4.78 is 29.4. The van der Waals surface area contributed by atoms with Gasteiger partial charge in [-0.15, -0.1) is 0 Å². The summed E-state index contributed by atoms with van der Waals surface area (Å²) in [5.41, 5.74) is -0.408. The topological polar surface area (TPSA) is 286 Å². The van der Waals surface area contributed by atoms with Gasteiger partial charge in [0.1, 0.15) is 84.0 Å². The number of carboxylic acids is 1. The number of carboxylic acid groups (broad SMARTS) is 1. The summed E-state index contributed by atoms with van der Waals surface area (Å²) in [5.74, 6) is -3.30. The molecule has 3 aromatic rings. The molecule has 0 bridgehead atoms. The zero-order chi connectivity index (χ0) is 41.3. The van der Waals surface area contributed by atoms with E-state index in [2.05, 4.69) is 15.0 Å². The zero-order valence-corrected chi connectivity index (χ0v) is 30.8. The van der Waals surface area contributed by atoms with Gasteiger partial charge in [-0.2, -0.15) is 0 Å². The van der Waals surface area contributed by atoms with Gasteiger partial charge in [0.25, 0.3) is 0 Å². The molecule has 0 aliphatic carbocycles. The van der Waals surface area contributed by atoms with Crippen molar-refractivity contribution < 1.29 is 69.3 Å². The molecule has 4 aliphatic heterocycles. The Hall–Kier alpha value is -6.31. The molecule has 1 saturated heterocycles. The van der Waals surface area contributed by atoms with Crippen molar-refractivity contribution in [3.63, 3.8) is 0 Å². The van der Waals surface area contributed by atoms with Crippen LogP contribution in [0.25, 0.3) is 5.76 Å². The van der Waals surface area contributed by atoms with Crippen LogP contribution in [-0.4, -0.2) is 120 Å². The molecule has 304 valence electrons. The highest BCUT2D eigenvalue weighted by Crippen LogP contribution is 2.51. The summed E-state index contributed by atoms with van der Waals surface area (Å²) >= 11 is 0. The van der Waals surface area contributed by atoms with E-state index in [1.54, 1.807) is 36.4 Å². The van der Waals surface area contributed by atoms with Crippen LogP contribution in [0.5, 0.6) is 34.5 Å². The number of aliphatic hydroxyl groups excluding tert-OH is 4. The predicted octanol–water partition coefficient (Wildman–Crippen LogP) is 2.51. The number of aliphatic carboxylic acids is 1. The fraction of sp³-hybridized carbons (Fsp3) is 0.325. The van der Waals surface area contributed by atoms with Crippen molar-refractivity contribution in [2.24, 2.45) is 15.0 Å². The number of aliphatic hydroxyl groups is 5. The third-order valence-corrected chi connectivity index (χ3v) is 9.84. The first-order chi connectivity index (χ1) is 27.7. The average molecular weight is 801 g/mol. The van der Waals surface area contributed by atoms with E-state index in [0.717, 1.165) is 5.56 Å². The lowest BCUT2D eigenvalue weighted by molar-refractivity contribution is -0.303. The van der Waals surface area contributed by atoms with Crippen LogP contribution < -0.4 is 18.9 Å². The molecule has 0 saturated carbocycles. The Morgan fingerprint density at radius 2 is 1.81 bits per heavy atom. The molecule has 58 heavy (non-hydrogen) atoms. The maximum absolute atomic E-state index is 12.4. The van der Waals surface area contributed by atoms with Gasteiger partial charge >= 0.3 is 5.97 Å². The lowest BCUT2D eigenvalue weighted by Crippen LogP contribution is -2.69. The molecule has 7 unspecified atom stereocenters. The number of nitrogens with zero attached hydrogens (tertiary/aromatic N) is 3. The highest BCUT2D eigenvalue weighted by molar-refractivity contribution is 6.15. The van der Waals surface area contributed by atoms with Crippen LogP contribution in [0.1, 0.15) is 41.7 Å². The van der Waals surface area contributed by atoms with E-state index in [1.165, 1.54) is 36.7 Å². The van der Waals surface area contributed by atoms with Crippen molar-refractivity contribution in [2.45, 2.75) is 68.8 Å². The second-order valence-corrected chi connectivity index (χ2v) is 13.9. The number of hydrogen-bond donors (Lipinski definition) is 9. The highest BCUT2D eigenvalue weighted by Gasteiger charge is 2.59. The molecular formula is C40H40N4O14. The van der Waals surface area contributed by atoms with Crippen molar-refractivity contribution in [1.82, 2.24) is 0 Å². The summed E-state index contributed by atoms with van der Waals surface area (Å²) in [4.78, 5) is 24.2. The maximum atomic E-state index is 12.4. The summed E-state index contributed by atoms with van der Waals surface area (Å²) in [6.45, 7) is 1.55. The number of nitrogens with one attached hydrogen (secondary N) is 1. The first-order valence-corrected chi connectivity index (χ1v) is 18.1. The molecule has 0 aromatic heterocycles. The predicted molar refractivity (Wildman–Crippen MR) is 205 cm³/mol. The van der Waals surface area contributed by atoms with Gasteiger partial charge in [-0.1, -0.05) is 25.1 Å². The Kier molecular flexibility index (Phi) is 11.2. The SMILES string of the molecule is CCc1cc(O)cc(COc2c(OC3OC(C(=O)O)C(O)(CC4=NC=NC4)C(O)C3O)cc3c(c2O)C(O)=CC(c2ccc(OCC(O)C4=NC(=N)C=C4)cc2)O3)c1. The Bertz CT molecular complexity index is 2250.